The van der Waals surface area contributed by atoms with Gasteiger partial charge in [-0.15, -0.1) is 11.3 Å². The van der Waals surface area contributed by atoms with Gasteiger partial charge in [-0.3, -0.25) is 19.3 Å². The van der Waals surface area contributed by atoms with Crippen LogP contribution in [0, 0.1) is 11.7 Å². The highest BCUT2D eigenvalue weighted by Gasteiger charge is 2.62. The lowest BCUT2D eigenvalue weighted by molar-refractivity contribution is -0.141. The van der Waals surface area contributed by atoms with Gasteiger partial charge in [0.25, 0.3) is 15.9 Å². The SMILES string of the molecule is CC(C)(C)OC(=O)N[C@H]1CCCCCCC[C@@H]2C[C@@]2(C(=O)NS(=O)(=O)c2cc(Cl)c(Cl)s2)NC(=O)[C@@H]2C[C@@H](OC(=O)N3Cc4cccc(F)c4C3)CN2C1=O. The molecule has 3 fully saturated rings. The average molecular weight is 845 g/mol. The number of amides is 5. The molecule has 5 atom stereocenters. The van der Waals surface area contributed by atoms with Gasteiger partial charge in [-0.05, 0) is 63.6 Å². The van der Waals surface area contributed by atoms with Gasteiger partial charge in [-0.2, -0.15) is 0 Å². The number of thiophene rings is 1. The number of ether oxygens (including phenoxy) is 2. The topological polar surface area (TPSA) is 181 Å². The molecule has 3 aliphatic heterocycles. The minimum atomic E-state index is -4.42. The first-order chi connectivity index (χ1) is 25.9. The van der Waals surface area contributed by atoms with E-state index < -0.39 is 81.0 Å². The van der Waals surface area contributed by atoms with Crippen LogP contribution in [0.2, 0.25) is 9.36 Å². The number of nitrogens with one attached hydrogen (secondary N) is 3. The second kappa shape index (κ2) is 16.1. The van der Waals surface area contributed by atoms with Crippen LogP contribution in [0.15, 0.2) is 28.5 Å². The smallest absolute Gasteiger partial charge is 0.410 e. The van der Waals surface area contributed by atoms with E-state index >= 15 is 0 Å². The zero-order valence-electron chi connectivity index (χ0n) is 30.6. The Kier molecular flexibility index (Phi) is 12.0. The Labute approximate surface area is 332 Å². The molecule has 55 heavy (non-hydrogen) atoms. The summed E-state index contributed by atoms with van der Waals surface area (Å²) < 4.78 is 54.1. The van der Waals surface area contributed by atoms with Crippen molar-refractivity contribution in [3.05, 3.63) is 50.6 Å². The number of hydrogen-bond donors (Lipinski definition) is 3. The fraction of sp³-hybridized carbons (Fsp3) is 0.583. The largest absolute Gasteiger partial charge is 0.444 e. The van der Waals surface area contributed by atoms with E-state index in [0.29, 0.717) is 41.7 Å². The first kappa shape index (κ1) is 41.0. The molecule has 19 heteroatoms. The normalized spacial score (nSPS) is 26.1. The Balaban J connectivity index is 1.26. The third-order valence-electron chi connectivity index (χ3n) is 10.3. The van der Waals surface area contributed by atoms with E-state index in [0.717, 1.165) is 25.3 Å². The maximum absolute atomic E-state index is 14.5. The van der Waals surface area contributed by atoms with Crippen LogP contribution in [0.3, 0.4) is 0 Å². The number of fused-ring (bicyclic) bond motifs is 3. The van der Waals surface area contributed by atoms with Gasteiger partial charge in [-0.1, -0.05) is 67.4 Å². The van der Waals surface area contributed by atoms with E-state index in [2.05, 4.69) is 15.4 Å². The van der Waals surface area contributed by atoms with Crippen molar-refractivity contribution >= 4 is 74.5 Å². The maximum atomic E-state index is 14.5. The Morgan fingerprint density at radius 2 is 1.76 bits per heavy atom. The summed E-state index contributed by atoms with van der Waals surface area (Å²) in [6.07, 6.45) is 1.79. The standard InChI is InChI=1S/C36H44Cl2FN5O9S2/c1-35(2,3)53-33(48)40-26-13-8-6-4-5-7-11-21-16-36(21,32(47)42-55(50,51)28-15-24(37)29(38)54-28)41-30(45)27-14-22(18-44(27)31(26)46)52-34(49)43-17-20-10-9-12-25(39)23(20)19-43/h9-10,12,15,21-22,26-27H,4-8,11,13-14,16-19H2,1-3H3,(H,40,48)(H,41,45)(H,42,47)/t21-,22-,26+,27+,36-/m1/s1. The maximum Gasteiger partial charge on any atom is 0.410 e. The third-order valence-corrected chi connectivity index (χ3v) is 14.0. The third kappa shape index (κ3) is 9.32. The summed E-state index contributed by atoms with van der Waals surface area (Å²) in [5, 5.41) is 5.46. The summed E-state index contributed by atoms with van der Waals surface area (Å²) in [6, 6.07) is 3.33. The van der Waals surface area contributed by atoms with Crippen LogP contribution in [0.5, 0.6) is 0 Å². The summed E-state index contributed by atoms with van der Waals surface area (Å²) in [6.45, 7) is 4.93. The molecule has 4 aliphatic rings. The zero-order valence-corrected chi connectivity index (χ0v) is 33.8. The van der Waals surface area contributed by atoms with Crippen LogP contribution in [0.1, 0.15) is 89.7 Å². The van der Waals surface area contributed by atoms with Crippen molar-refractivity contribution in [2.24, 2.45) is 5.92 Å². The van der Waals surface area contributed by atoms with Gasteiger partial charge >= 0.3 is 12.2 Å². The van der Waals surface area contributed by atoms with Gasteiger partial charge in [0, 0.05) is 18.5 Å². The van der Waals surface area contributed by atoms with Crippen LogP contribution in [0.25, 0.3) is 0 Å². The summed E-state index contributed by atoms with van der Waals surface area (Å²) in [4.78, 5) is 71.5. The highest BCUT2D eigenvalue weighted by Crippen LogP contribution is 2.48. The number of sulfonamides is 1. The van der Waals surface area contributed by atoms with Crippen molar-refractivity contribution in [1.29, 1.82) is 0 Å². The Bertz CT molecular complexity index is 1960. The molecule has 2 aromatic rings. The zero-order chi connectivity index (χ0) is 39.9. The molecule has 0 bridgehead atoms. The first-order valence-electron chi connectivity index (χ1n) is 18.2. The molecule has 0 radical (unpaired) electrons. The molecule has 1 aromatic heterocycles. The predicted molar refractivity (Wildman–Crippen MR) is 200 cm³/mol. The highest BCUT2D eigenvalue weighted by atomic mass is 35.5. The molecule has 300 valence electrons. The van der Waals surface area contributed by atoms with Gasteiger partial charge in [-0.25, -0.2) is 27.1 Å². The van der Waals surface area contributed by atoms with Crippen molar-refractivity contribution in [2.45, 2.75) is 125 Å². The quantitative estimate of drug-likeness (QED) is 0.344. The van der Waals surface area contributed by atoms with Crippen molar-refractivity contribution < 1.29 is 46.3 Å². The van der Waals surface area contributed by atoms with E-state index in [4.69, 9.17) is 32.7 Å². The monoisotopic (exact) mass is 843 g/mol. The number of hydrogen-bond acceptors (Lipinski definition) is 10. The molecule has 6 rings (SSSR count). The molecule has 1 aliphatic carbocycles. The van der Waals surface area contributed by atoms with E-state index in [-0.39, 0.29) is 52.5 Å². The number of benzene rings is 1. The Morgan fingerprint density at radius 1 is 1.05 bits per heavy atom. The number of rotatable bonds is 5. The molecule has 14 nitrogen and oxygen atoms in total. The summed E-state index contributed by atoms with van der Waals surface area (Å²) >= 11 is 12.7. The van der Waals surface area contributed by atoms with E-state index in [1.54, 1.807) is 32.9 Å². The van der Waals surface area contributed by atoms with Crippen LogP contribution >= 0.6 is 34.5 Å². The van der Waals surface area contributed by atoms with E-state index in [9.17, 15) is 36.8 Å². The summed E-state index contributed by atoms with van der Waals surface area (Å²) in [5.41, 5.74) is -1.46. The Hall–Kier alpha value is -3.67. The molecule has 1 aromatic carbocycles. The van der Waals surface area contributed by atoms with E-state index in [1.165, 1.54) is 15.9 Å². The van der Waals surface area contributed by atoms with Crippen LogP contribution in [-0.4, -0.2) is 84.0 Å². The van der Waals surface area contributed by atoms with Crippen LogP contribution in [0.4, 0.5) is 14.0 Å². The molecule has 5 amide bonds. The lowest BCUT2D eigenvalue weighted by atomic mass is 10.0. The van der Waals surface area contributed by atoms with Crippen molar-refractivity contribution in [3.8, 4) is 0 Å². The molecule has 3 N–H and O–H groups in total. The number of alkyl carbamates (subject to hydrolysis) is 1. The fourth-order valence-corrected chi connectivity index (χ4v) is 10.4. The number of halogens is 3. The second-order valence-corrected chi connectivity index (χ2v) is 19.5. The van der Waals surface area contributed by atoms with Crippen molar-refractivity contribution in [2.75, 3.05) is 6.54 Å². The number of carbonyl (C=O) groups is 5. The van der Waals surface area contributed by atoms with Gasteiger partial charge in [0.1, 0.15) is 43.7 Å². The molecule has 1 saturated carbocycles. The van der Waals surface area contributed by atoms with Crippen LogP contribution < -0.4 is 15.4 Å². The molecule has 2 saturated heterocycles. The lowest BCUT2D eigenvalue weighted by Crippen LogP contribution is -2.58. The second-order valence-electron chi connectivity index (χ2n) is 15.5. The van der Waals surface area contributed by atoms with Crippen LogP contribution in [-0.2, 0) is 47.0 Å². The molecule has 4 heterocycles. The minimum Gasteiger partial charge on any atom is -0.444 e. The average Bonchev–Trinajstić information content (AvgIpc) is 3.39. The number of nitrogens with zero attached hydrogens (tertiary/aromatic N) is 2. The van der Waals surface area contributed by atoms with Gasteiger partial charge in [0.05, 0.1) is 18.1 Å². The summed E-state index contributed by atoms with van der Waals surface area (Å²) in [7, 11) is -4.42. The van der Waals surface area contributed by atoms with E-state index in [1.807, 2.05) is 0 Å². The van der Waals surface area contributed by atoms with Crippen molar-refractivity contribution in [3.63, 3.8) is 0 Å². The molecule has 0 unspecified atom stereocenters. The molecular formula is C36H44Cl2FN5O9S2. The fourth-order valence-electron chi connectivity index (χ4n) is 7.47. The molecular weight excluding hydrogens is 800 g/mol. The minimum absolute atomic E-state index is 0.00584. The first-order valence-corrected chi connectivity index (χ1v) is 21.3. The lowest BCUT2D eigenvalue weighted by Gasteiger charge is -2.30. The summed E-state index contributed by atoms with van der Waals surface area (Å²) in [5.74, 6) is -3.16. The molecule has 0 spiro atoms. The van der Waals surface area contributed by atoms with Gasteiger partial charge < -0.3 is 25.0 Å². The predicted octanol–water partition coefficient (Wildman–Crippen LogP) is 5.63. The highest BCUT2D eigenvalue weighted by molar-refractivity contribution is 7.92. The van der Waals surface area contributed by atoms with Gasteiger partial charge in [0.15, 0.2) is 0 Å². The Morgan fingerprint density at radius 3 is 2.44 bits per heavy atom. The van der Waals surface area contributed by atoms with Gasteiger partial charge in [0.2, 0.25) is 11.8 Å². The van der Waals surface area contributed by atoms with Crippen molar-refractivity contribution in [1.82, 2.24) is 25.2 Å². The number of carbonyl (C=O) groups excluding carboxylic acids is 5.